The summed E-state index contributed by atoms with van der Waals surface area (Å²) in [5, 5.41) is 12.8. The first-order valence-corrected chi connectivity index (χ1v) is 6.35. The Morgan fingerprint density at radius 1 is 1.30 bits per heavy atom. The highest BCUT2D eigenvalue weighted by atomic mass is 16.4. The van der Waals surface area contributed by atoms with E-state index in [1.165, 1.54) is 12.3 Å². The molecule has 0 aliphatic rings. The van der Waals surface area contributed by atoms with E-state index in [0.717, 1.165) is 5.56 Å². The molecule has 1 aromatic carbocycles. The molecule has 2 aromatic rings. The molecule has 1 atom stereocenters. The topological polar surface area (TPSA) is 62.5 Å². The van der Waals surface area contributed by atoms with Crippen molar-refractivity contribution in [2.45, 2.75) is 12.5 Å². The summed E-state index contributed by atoms with van der Waals surface area (Å²) in [6.07, 6.45) is 4.64. The van der Waals surface area contributed by atoms with Crippen molar-refractivity contribution >= 4 is 12.0 Å². The maximum absolute atomic E-state index is 11.7. The van der Waals surface area contributed by atoms with Gasteiger partial charge in [-0.3, -0.25) is 4.79 Å². The van der Waals surface area contributed by atoms with Gasteiger partial charge in [-0.15, -0.1) is 0 Å². The van der Waals surface area contributed by atoms with Crippen LogP contribution in [0.4, 0.5) is 0 Å². The summed E-state index contributed by atoms with van der Waals surface area (Å²) in [5.74, 6) is 0.158. The zero-order valence-corrected chi connectivity index (χ0v) is 11.2. The number of rotatable bonds is 5. The molecule has 4 nitrogen and oxygen atoms in total. The van der Waals surface area contributed by atoms with E-state index in [2.05, 4.69) is 5.32 Å². The monoisotopic (exact) mass is 271 g/mol. The van der Waals surface area contributed by atoms with Gasteiger partial charge in [0, 0.05) is 6.08 Å². The number of furan rings is 1. The quantitative estimate of drug-likeness (QED) is 0.820. The maximum Gasteiger partial charge on any atom is 0.244 e. The fourth-order valence-electron chi connectivity index (χ4n) is 1.73. The Morgan fingerprint density at radius 3 is 2.70 bits per heavy atom. The molecular formula is C16H17NO3. The SMILES string of the molecule is C[C@@](O)(CNC(=O)/C=C/c1ccccc1)c1ccco1. The number of aliphatic hydroxyl groups is 1. The van der Waals surface area contributed by atoms with Crippen LogP contribution in [0, 0.1) is 0 Å². The van der Waals surface area contributed by atoms with E-state index in [9.17, 15) is 9.90 Å². The average molecular weight is 271 g/mol. The molecule has 1 amide bonds. The molecule has 0 saturated heterocycles. The van der Waals surface area contributed by atoms with Crippen LogP contribution in [-0.2, 0) is 10.4 Å². The summed E-state index contributed by atoms with van der Waals surface area (Å²) in [6, 6.07) is 12.9. The molecule has 0 unspecified atom stereocenters. The number of benzene rings is 1. The minimum Gasteiger partial charge on any atom is -0.466 e. The second-order valence-corrected chi connectivity index (χ2v) is 4.71. The van der Waals surface area contributed by atoms with E-state index >= 15 is 0 Å². The van der Waals surface area contributed by atoms with Crippen molar-refractivity contribution in [2.75, 3.05) is 6.54 Å². The highest BCUT2D eigenvalue weighted by Gasteiger charge is 2.26. The number of hydrogen-bond donors (Lipinski definition) is 2. The van der Waals surface area contributed by atoms with Gasteiger partial charge in [-0.2, -0.15) is 0 Å². The molecule has 0 aliphatic carbocycles. The Bertz CT molecular complexity index is 571. The summed E-state index contributed by atoms with van der Waals surface area (Å²) in [5.41, 5.74) is -0.278. The van der Waals surface area contributed by atoms with Gasteiger partial charge in [-0.1, -0.05) is 30.3 Å². The van der Waals surface area contributed by atoms with Gasteiger partial charge in [-0.25, -0.2) is 0 Å². The van der Waals surface area contributed by atoms with E-state index in [0.29, 0.717) is 5.76 Å². The van der Waals surface area contributed by atoms with Crippen LogP contribution in [0.1, 0.15) is 18.2 Å². The lowest BCUT2D eigenvalue weighted by Gasteiger charge is -2.20. The minimum absolute atomic E-state index is 0.0818. The van der Waals surface area contributed by atoms with Crippen LogP contribution in [0.2, 0.25) is 0 Å². The first-order chi connectivity index (χ1) is 9.58. The number of carbonyl (C=O) groups excluding carboxylic acids is 1. The van der Waals surface area contributed by atoms with Gasteiger partial charge < -0.3 is 14.8 Å². The summed E-state index contributed by atoms with van der Waals surface area (Å²) in [7, 11) is 0. The van der Waals surface area contributed by atoms with Crippen molar-refractivity contribution in [3.63, 3.8) is 0 Å². The third-order valence-corrected chi connectivity index (χ3v) is 2.89. The number of carbonyl (C=O) groups is 1. The van der Waals surface area contributed by atoms with E-state index in [1.54, 1.807) is 25.1 Å². The highest BCUT2D eigenvalue weighted by Crippen LogP contribution is 2.19. The normalized spacial score (nSPS) is 14.1. The standard InChI is InChI=1S/C16H17NO3/c1-16(19,14-8-5-11-20-14)12-17-15(18)10-9-13-6-3-2-4-7-13/h2-11,19H,12H2,1H3,(H,17,18)/b10-9+/t16-/m1/s1. The van der Waals surface area contributed by atoms with Gasteiger partial charge in [0.05, 0.1) is 12.8 Å². The Morgan fingerprint density at radius 2 is 2.05 bits per heavy atom. The lowest BCUT2D eigenvalue weighted by atomic mass is 10.0. The smallest absolute Gasteiger partial charge is 0.244 e. The maximum atomic E-state index is 11.7. The van der Waals surface area contributed by atoms with Crippen molar-refractivity contribution in [3.05, 3.63) is 66.1 Å². The number of hydrogen-bond acceptors (Lipinski definition) is 3. The van der Waals surface area contributed by atoms with Crippen LogP contribution in [0.3, 0.4) is 0 Å². The van der Waals surface area contributed by atoms with Crippen molar-refractivity contribution in [1.29, 1.82) is 0 Å². The highest BCUT2D eigenvalue weighted by molar-refractivity contribution is 5.91. The van der Waals surface area contributed by atoms with Crippen LogP contribution in [0.5, 0.6) is 0 Å². The second kappa shape index (κ2) is 6.21. The largest absolute Gasteiger partial charge is 0.466 e. The summed E-state index contributed by atoms with van der Waals surface area (Å²) in [4.78, 5) is 11.7. The number of nitrogens with one attached hydrogen (secondary N) is 1. The molecule has 4 heteroatoms. The molecule has 0 radical (unpaired) electrons. The van der Waals surface area contributed by atoms with Crippen molar-refractivity contribution in [3.8, 4) is 0 Å². The van der Waals surface area contributed by atoms with Gasteiger partial charge >= 0.3 is 0 Å². The van der Waals surface area contributed by atoms with Gasteiger partial charge in [0.1, 0.15) is 11.4 Å². The lowest BCUT2D eigenvalue weighted by molar-refractivity contribution is -0.117. The molecule has 2 rings (SSSR count). The molecule has 0 saturated carbocycles. The van der Waals surface area contributed by atoms with E-state index in [1.807, 2.05) is 30.3 Å². The molecule has 0 fully saturated rings. The van der Waals surface area contributed by atoms with Gasteiger partial charge in [0.2, 0.25) is 5.91 Å². The molecule has 1 aromatic heterocycles. The fraction of sp³-hybridized carbons (Fsp3) is 0.188. The van der Waals surface area contributed by atoms with Crippen LogP contribution < -0.4 is 5.32 Å². The Balaban J connectivity index is 1.88. The van der Waals surface area contributed by atoms with Crippen LogP contribution in [-0.4, -0.2) is 17.6 Å². The Labute approximate surface area is 117 Å². The zero-order chi connectivity index (χ0) is 14.4. The second-order valence-electron chi connectivity index (χ2n) is 4.71. The summed E-state index contributed by atoms with van der Waals surface area (Å²) < 4.78 is 5.14. The number of amides is 1. The molecule has 0 spiro atoms. The van der Waals surface area contributed by atoms with Crippen molar-refractivity contribution in [1.82, 2.24) is 5.32 Å². The predicted octanol–water partition coefficient (Wildman–Crippen LogP) is 2.32. The van der Waals surface area contributed by atoms with Gasteiger partial charge in [-0.05, 0) is 30.7 Å². The first-order valence-electron chi connectivity index (χ1n) is 6.35. The third kappa shape index (κ3) is 3.83. The molecule has 0 aliphatic heterocycles. The van der Waals surface area contributed by atoms with E-state index in [-0.39, 0.29) is 12.5 Å². The third-order valence-electron chi connectivity index (χ3n) is 2.89. The zero-order valence-electron chi connectivity index (χ0n) is 11.2. The molecule has 1 heterocycles. The van der Waals surface area contributed by atoms with Crippen LogP contribution >= 0.6 is 0 Å². The molecular weight excluding hydrogens is 254 g/mol. The van der Waals surface area contributed by atoms with E-state index in [4.69, 9.17) is 4.42 Å². The molecule has 2 N–H and O–H groups in total. The van der Waals surface area contributed by atoms with E-state index < -0.39 is 5.60 Å². The molecule has 104 valence electrons. The van der Waals surface area contributed by atoms with Crippen LogP contribution in [0.25, 0.3) is 6.08 Å². The summed E-state index contributed by atoms with van der Waals surface area (Å²) >= 11 is 0. The first kappa shape index (κ1) is 14.1. The fourth-order valence-corrected chi connectivity index (χ4v) is 1.73. The molecule has 0 bridgehead atoms. The Hall–Kier alpha value is -2.33. The van der Waals surface area contributed by atoms with Gasteiger partial charge in [0.25, 0.3) is 0 Å². The average Bonchev–Trinajstić information content (AvgIpc) is 2.99. The summed E-state index contributed by atoms with van der Waals surface area (Å²) in [6.45, 7) is 1.67. The van der Waals surface area contributed by atoms with Crippen molar-refractivity contribution in [2.24, 2.45) is 0 Å². The molecule has 20 heavy (non-hydrogen) atoms. The Kier molecular flexibility index (Phi) is 4.38. The van der Waals surface area contributed by atoms with Gasteiger partial charge in [0.15, 0.2) is 0 Å². The van der Waals surface area contributed by atoms with Crippen molar-refractivity contribution < 1.29 is 14.3 Å². The minimum atomic E-state index is -1.22. The predicted molar refractivity (Wildman–Crippen MR) is 76.8 cm³/mol. The lowest BCUT2D eigenvalue weighted by Crippen LogP contribution is -2.37. The van der Waals surface area contributed by atoms with Crippen LogP contribution in [0.15, 0.2) is 59.2 Å².